The van der Waals surface area contributed by atoms with Gasteiger partial charge in [-0.1, -0.05) is 23.5 Å². The summed E-state index contributed by atoms with van der Waals surface area (Å²) >= 11 is 1.38. The molecular formula is C11H12N4OS. The number of aromatic nitrogens is 1. The Morgan fingerprint density at radius 1 is 1.35 bits per heavy atom. The highest BCUT2D eigenvalue weighted by Gasteiger charge is 2.12. The zero-order valence-corrected chi connectivity index (χ0v) is 10.0. The van der Waals surface area contributed by atoms with E-state index in [1.54, 1.807) is 18.2 Å². The molecule has 0 aliphatic carbocycles. The summed E-state index contributed by atoms with van der Waals surface area (Å²) in [4.78, 5) is 9.14. The molecule has 0 aliphatic rings. The Morgan fingerprint density at radius 2 is 2.06 bits per heavy atom. The maximum Gasteiger partial charge on any atom is 0.213 e. The number of aromatic hydroxyl groups is 1. The Hall–Kier alpha value is -2.08. The predicted octanol–water partition coefficient (Wildman–Crippen LogP) is 1.73. The Balaban J connectivity index is 2.50. The first-order valence-electron chi connectivity index (χ1n) is 4.93. The van der Waals surface area contributed by atoms with Crippen LogP contribution in [0.3, 0.4) is 0 Å². The van der Waals surface area contributed by atoms with Crippen LogP contribution in [0.15, 0.2) is 29.3 Å². The number of aryl methyl sites for hydroxylation is 1. The van der Waals surface area contributed by atoms with Gasteiger partial charge in [0.05, 0.1) is 5.69 Å². The van der Waals surface area contributed by atoms with Crippen molar-refractivity contribution in [2.24, 2.45) is 16.5 Å². The smallest absolute Gasteiger partial charge is 0.213 e. The second kappa shape index (κ2) is 4.42. The summed E-state index contributed by atoms with van der Waals surface area (Å²) < 4.78 is 0. The molecule has 5 N–H and O–H groups in total. The fraction of sp³-hybridized carbons (Fsp3) is 0.0909. The summed E-state index contributed by atoms with van der Waals surface area (Å²) in [5.41, 5.74) is 12.0. The molecule has 1 aromatic heterocycles. The van der Waals surface area contributed by atoms with Crippen molar-refractivity contribution in [1.82, 2.24) is 4.98 Å². The van der Waals surface area contributed by atoms with Crippen molar-refractivity contribution in [3.8, 4) is 17.0 Å². The number of aliphatic imine (C=N–C) groups is 1. The van der Waals surface area contributed by atoms with Gasteiger partial charge in [0.1, 0.15) is 5.75 Å². The maximum absolute atomic E-state index is 9.76. The first kappa shape index (κ1) is 11.4. The molecule has 0 unspecified atom stereocenters. The molecule has 0 atom stereocenters. The monoisotopic (exact) mass is 248 g/mol. The number of nitrogens with zero attached hydrogens (tertiary/aromatic N) is 2. The van der Waals surface area contributed by atoms with Crippen LogP contribution in [-0.4, -0.2) is 16.1 Å². The number of para-hydroxylation sites is 1. The Kier molecular flexibility index (Phi) is 2.97. The summed E-state index contributed by atoms with van der Waals surface area (Å²) in [5, 5.41) is 10.2. The van der Waals surface area contributed by atoms with Crippen molar-refractivity contribution in [1.29, 1.82) is 0 Å². The van der Waals surface area contributed by atoms with Crippen molar-refractivity contribution in [2.45, 2.75) is 6.92 Å². The standard InChI is InChI=1S/C11H12N4OS/c1-6-9(7-4-2-3-5-8(7)16)14-11(17-6)15-10(12)13/h2-5,16H,1H3,(H4,12,13,14,15). The number of nitrogens with two attached hydrogens (primary N) is 2. The van der Waals surface area contributed by atoms with Crippen LogP contribution in [0.1, 0.15) is 4.88 Å². The number of hydrogen-bond donors (Lipinski definition) is 3. The lowest BCUT2D eigenvalue weighted by molar-refractivity contribution is 0.477. The predicted molar refractivity (Wildman–Crippen MR) is 69.4 cm³/mol. The van der Waals surface area contributed by atoms with E-state index in [2.05, 4.69) is 9.98 Å². The van der Waals surface area contributed by atoms with Gasteiger partial charge in [0.15, 0.2) is 5.96 Å². The van der Waals surface area contributed by atoms with Crippen LogP contribution >= 0.6 is 11.3 Å². The largest absolute Gasteiger partial charge is 0.507 e. The first-order chi connectivity index (χ1) is 8.08. The number of benzene rings is 1. The second-order valence-electron chi connectivity index (χ2n) is 3.46. The minimum atomic E-state index is -0.0254. The molecule has 17 heavy (non-hydrogen) atoms. The zero-order chi connectivity index (χ0) is 12.4. The van der Waals surface area contributed by atoms with E-state index in [-0.39, 0.29) is 11.7 Å². The molecular weight excluding hydrogens is 236 g/mol. The van der Waals surface area contributed by atoms with Crippen LogP contribution in [0.25, 0.3) is 11.3 Å². The Morgan fingerprint density at radius 3 is 2.71 bits per heavy atom. The van der Waals surface area contributed by atoms with Crippen LogP contribution in [0.4, 0.5) is 5.13 Å². The first-order valence-corrected chi connectivity index (χ1v) is 5.75. The fourth-order valence-electron chi connectivity index (χ4n) is 1.46. The summed E-state index contributed by atoms with van der Waals surface area (Å²) in [6.45, 7) is 1.91. The van der Waals surface area contributed by atoms with E-state index in [1.165, 1.54) is 11.3 Å². The average Bonchev–Trinajstić information content (AvgIpc) is 2.59. The fourth-order valence-corrected chi connectivity index (χ4v) is 2.28. The van der Waals surface area contributed by atoms with Gasteiger partial charge in [0.25, 0.3) is 0 Å². The van der Waals surface area contributed by atoms with E-state index in [4.69, 9.17) is 11.5 Å². The zero-order valence-electron chi connectivity index (χ0n) is 9.21. The molecule has 1 heterocycles. The molecule has 5 nitrogen and oxygen atoms in total. The minimum absolute atomic E-state index is 0.0254. The number of phenols is 1. The van der Waals surface area contributed by atoms with Gasteiger partial charge < -0.3 is 16.6 Å². The highest BCUT2D eigenvalue weighted by Crippen LogP contribution is 2.35. The quantitative estimate of drug-likeness (QED) is 0.557. The van der Waals surface area contributed by atoms with Crippen LogP contribution in [0.2, 0.25) is 0 Å². The van der Waals surface area contributed by atoms with Gasteiger partial charge >= 0.3 is 0 Å². The van der Waals surface area contributed by atoms with Crippen molar-refractivity contribution >= 4 is 22.4 Å². The van der Waals surface area contributed by atoms with Crippen molar-refractivity contribution in [3.63, 3.8) is 0 Å². The average molecular weight is 248 g/mol. The highest BCUT2D eigenvalue weighted by molar-refractivity contribution is 7.15. The lowest BCUT2D eigenvalue weighted by Crippen LogP contribution is -2.21. The molecule has 0 spiro atoms. The van der Waals surface area contributed by atoms with Gasteiger partial charge in [-0.3, -0.25) is 0 Å². The molecule has 0 radical (unpaired) electrons. The molecule has 2 rings (SSSR count). The SMILES string of the molecule is Cc1sc(N=C(N)N)nc1-c1ccccc1O. The molecule has 0 aliphatic heterocycles. The second-order valence-corrected chi connectivity index (χ2v) is 4.64. The van der Waals surface area contributed by atoms with Crippen LogP contribution in [0.5, 0.6) is 5.75 Å². The molecule has 0 saturated carbocycles. The lowest BCUT2D eigenvalue weighted by Gasteiger charge is -2.00. The summed E-state index contributed by atoms with van der Waals surface area (Å²) in [7, 11) is 0. The third-order valence-electron chi connectivity index (χ3n) is 2.17. The van der Waals surface area contributed by atoms with Crippen LogP contribution in [-0.2, 0) is 0 Å². The van der Waals surface area contributed by atoms with E-state index in [1.807, 2.05) is 13.0 Å². The number of phenolic OH excluding ortho intramolecular Hbond substituents is 1. The summed E-state index contributed by atoms with van der Waals surface area (Å²) in [6.07, 6.45) is 0. The van der Waals surface area contributed by atoms with Gasteiger partial charge in [-0.05, 0) is 19.1 Å². The van der Waals surface area contributed by atoms with E-state index in [9.17, 15) is 5.11 Å². The molecule has 0 amide bonds. The topological polar surface area (TPSA) is 97.5 Å². The minimum Gasteiger partial charge on any atom is -0.507 e. The van der Waals surface area contributed by atoms with Gasteiger partial charge in [0, 0.05) is 10.4 Å². The van der Waals surface area contributed by atoms with E-state index >= 15 is 0 Å². The molecule has 0 fully saturated rings. The van der Waals surface area contributed by atoms with E-state index < -0.39 is 0 Å². The number of rotatable bonds is 2. The van der Waals surface area contributed by atoms with Crippen LogP contribution in [0, 0.1) is 6.92 Å². The van der Waals surface area contributed by atoms with Crippen LogP contribution < -0.4 is 11.5 Å². The Bertz CT molecular complexity index is 573. The van der Waals surface area contributed by atoms with Gasteiger partial charge in [0.2, 0.25) is 5.13 Å². The van der Waals surface area contributed by atoms with Gasteiger partial charge in [-0.15, -0.1) is 0 Å². The van der Waals surface area contributed by atoms with Gasteiger partial charge in [-0.25, -0.2) is 4.98 Å². The molecule has 1 aromatic carbocycles. The summed E-state index contributed by atoms with van der Waals surface area (Å²) in [5.74, 6) is 0.166. The number of guanidine groups is 1. The number of thiazole rings is 1. The van der Waals surface area contributed by atoms with Crippen molar-refractivity contribution < 1.29 is 5.11 Å². The molecule has 0 saturated heterocycles. The lowest BCUT2D eigenvalue weighted by atomic mass is 10.1. The summed E-state index contributed by atoms with van der Waals surface area (Å²) in [6, 6.07) is 7.02. The van der Waals surface area contributed by atoms with Gasteiger partial charge in [-0.2, -0.15) is 4.99 Å². The molecule has 0 bridgehead atoms. The third kappa shape index (κ3) is 2.36. The van der Waals surface area contributed by atoms with E-state index in [0.29, 0.717) is 16.4 Å². The molecule has 88 valence electrons. The normalized spacial score (nSPS) is 10.2. The molecule has 6 heteroatoms. The van der Waals surface area contributed by atoms with Crippen molar-refractivity contribution in [2.75, 3.05) is 0 Å². The number of hydrogen-bond acceptors (Lipinski definition) is 4. The third-order valence-corrected chi connectivity index (χ3v) is 3.03. The highest BCUT2D eigenvalue weighted by atomic mass is 32.1. The molecule has 2 aromatic rings. The van der Waals surface area contributed by atoms with Crippen molar-refractivity contribution in [3.05, 3.63) is 29.1 Å². The Labute approximate surface area is 102 Å². The maximum atomic E-state index is 9.76. The van der Waals surface area contributed by atoms with E-state index in [0.717, 1.165) is 4.88 Å².